The van der Waals surface area contributed by atoms with Crippen LogP contribution < -0.4 is 9.47 Å². The highest BCUT2D eigenvalue weighted by Crippen LogP contribution is 2.30. The SMILES string of the molecule is C=C(Cc1ccc(OC)c(O)c1)c1ccc(OC)cc1CCC. The Balaban J connectivity index is 2.24. The summed E-state index contributed by atoms with van der Waals surface area (Å²) in [5, 5.41) is 9.91. The predicted octanol–water partition coefficient (Wildman–Crippen LogP) is 4.62. The molecular formula is C20H24O3. The average Bonchev–Trinajstić information content (AvgIpc) is 2.55. The molecule has 0 saturated carbocycles. The van der Waals surface area contributed by atoms with Crippen molar-refractivity contribution in [2.45, 2.75) is 26.2 Å². The third-order valence-electron chi connectivity index (χ3n) is 3.87. The zero-order valence-electron chi connectivity index (χ0n) is 14.1. The van der Waals surface area contributed by atoms with Crippen molar-refractivity contribution in [1.29, 1.82) is 0 Å². The zero-order valence-corrected chi connectivity index (χ0v) is 14.1. The Morgan fingerprint density at radius 3 is 2.48 bits per heavy atom. The van der Waals surface area contributed by atoms with Gasteiger partial charge in [0.15, 0.2) is 11.5 Å². The lowest BCUT2D eigenvalue weighted by Gasteiger charge is -2.14. The summed E-state index contributed by atoms with van der Waals surface area (Å²) >= 11 is 0. The highest BCUT2D eigenvalue weighted by Gasteiger charge is 2.10. The van der Waals surface area contributed by atoms with Crippen molar-refractivity contribution in [3.05, 3.63) is 59.7 Å². The number of phenolic OH excluding ortho intramolecular Hbond substituents is 1. The minimum Gasteiger partial charge on any atom is -0.504 e. The van der Waals surface area contributed by atoms with E-state index in [2.05, 4.69) is 25.6 Å². The lowest BCUT2D eigenvalue weighted by atomic mass is 9.93. The summed E-state index contributed by atoms with van der Waals surface area (Å²) in [6.07, 6.45) is 2.73. The number of benzene rings is 2. The van der Waals surface area contributed by atoms with E-state index in [1.54, 1.807) is 26.4 Å². The van der Waals surface area contributed by atoms with E-state index in [-0.39, 0.29) is 5.75 Å². The second-order valence-electron chi connectivity index (χ2n) is 5.56. The lowest BCUT2D eigenvalue weighted by molar-refractivity contribution is 0.373. The maximum absolute atomic E-state index is 9.91. The fraction of sp³-hybridized carbons (Fsp3) is 0.300. The molecule has 0 amide bonds. The summed E-state index contributed by atoms with van der Waals surface area (Å²) < 4.78 is 10.4. The summed E-state index contributed by atoms with van der Waals surface area (Å²) in [5.74, 6) is 1.50. The van der Waals surface area contributed by atoms with E-state index >= 15 is 0 Å². The molecule has 0 aliphatic rings. The first-order valence-electron chi connectivity index (χ1n) is 7.80. The van der Waals surface area contributed by atoms with Crippen molar-refractivity contribution in [3.8, 4) is 17.2 Å². The largest absolute Gasteiger partial charge is 0.504 e. The number of aromatic hydroxyl groups is 1. The van der Waals surface area contributed by atoms with Gasteiger partial charge in [0.05, 0.1) is 14.2 Å². The van der Waals surface area contributed by atoms with E-state index in [4.69, 9.17) is 9.47 Å². The van der Waals surface area contributed by atoms with Gasteiger partial charge in [-0.25, -0.2) is 0 Å². The van der Waals surface area contributed by atoms with Gasteiger partial charge >= 0.3 is 0 Å². The van der Waals surface area contributed by atoms with Gasteiger partial charge in [-0.1, -0.05) is 32.1 Å². The van der Waals surface area contributed by atoms with Crippen LogP contribution in [-0.4, -0.2) is 19.3 Å². The van der Waals surface area contributed by atoms with Gasteiger partial charge in [-0.15, -0.1) is 0 Å². The molecule has 0 bridgehead atoms. The number of methoxy groups -OCH3 is 2. The van der Waals surface area contributed by atoms with Crippen LogP contribution in [0.2, 0.25) is 0 Å². The van der Waals surface area contributed by atoms with Gasteiger partial charge in [0.25, 0.3) is 0 Å². The number of hydrogen-bond donors (Lipinski definition) is 1. The molecule has 0 aromatic heterocycles. The summed E-state index contributed by atoms with van der Waals surface area (Å²) in [6, 6.07) is 11.6. The van der Waals surface area contributed by atoms with Crippen molar-refractivity contribution in [3.63, 3.8) is 0 Å². The molecule has 0 aliphatic heterocycles. The highest BCUT2D eigenvalue weighted by molar-refractivity contribution is 5.69. The van der Waals surface area contributed by atoms with Gasteiger partial charge in [0.2, 0.25) is 0 Å². The van der Waals surface area contributed by atoms with E-state index in [1.165, 1.54) is 5.56 Å². The minimum atomic E-state index is 0.154. The van der Waals surface area contributed by atoms with E-state index in [1.807, 2.05) is 12.1 Å². The van der Waals surface area contributed by atoms with Crippen LogP contribution in [0.25, 0.3) is 5.57 Å². The first-order valence-corrected chi connectivity index (χ1v) is 7.80. The Kier molecular flexibility index (Phi) is 5.69. The van der Waals surface area contributed by atoms with Crippen LogP contribution in [0.1, 0.15) is 30.0 Å². The fourth-order valence-electron chi connectivity index (χ4n) is 2.71. The maximum atomic E-state index is 9.91. The average molecular weight is 312 g/mol. The molecule has 3 heteroatoms. The Morgan fingerprint density at radius 2 is 1.87 bits per heavy atom. The van der Waals surface area contributed by atoms with Crippen molar-refractivity contribution < 1.29 is 14.6 Å². The Hall–Kier alpha value is -2.42. The third kappa shape index (κ3) is 4.07. The second-order valence-corrected chi connectivity index (χ2v) is 5.56. The molecule has 23 heavy (non-hydrogen) atoms. The molecule has 3 nitrogen and oxygen atoms in total. The van der Waals surface area contributed by atoms with Crippen molar-refractivity contribution in [2.24, 2.45) is 0 Å². The Labute approximate surface area is 138 Å². The van der Waals surface area contributed by atoms with E-state index in [9.17, 15) is 5.11 Å². The smallest absolute Gasteiger partial charge is 0.160 e. The van der Waals surface area contributed by atoms with Crippen LogP contribution in [0.4, 0.5) is 0 Å². The van der Waals surface area contributed by atoms with Gasteiger partial charge in [0, 0.05) is 0 Å². The van der Waals surface area contributed by atoms with Gasteiger partial charge in [0.1, 0.15) is 5.75 Å². The van der Waals surface area contributed by atoms with Crippen LogP contribution in [-0.2, 0) is 12.8 Å². The van der Waals surface area contributed by atoms with E-state index < -0.39 is 0 Å². The van der Waals surface area contributed by atoms with Crippen LogP contribution in [0.5, 0.6) is 17.2 Å². The van der Waals surface area contributed by atoms with E-state index in [0.717, 1.165) is 35.3 Å². The topological polar surface area (TPSA) is 38.7 Å². The molecule has 0 spiro atoms. The standard InChI is InChI=1S/C20H24O3/c1-5-6-16-13-17(22-3)8-9-18(16)14(2)11-15-7-10-20(23-4)19(21)12-15/h7-10,12-13,21H,2,5-6,11H2,1,3-4H3. The van der Waals surface area contributed by atoms with Crippen molar-refractivity contribution >= 4 is 5.57 Å². The predicted molar refractivity (Wildman–Crippen MR) is 94.4 cm³/mol. The van der Waals surface area contributed by atoms with Crippen molar-refractivity contribution in [2.75, 3.05) is 14.2 Å². The first kappa shape index (κ1) is 16.9. The minimum absolute atomic E-state index is 0.154. The molecule has 0 heterocycles. The summed E-state index contributed by atoms with van der Waals surface area (Å²) in [5.41, 5.74) is 4.43. The molecular weight excluding hydrogens is 288 g/mol. The second kappa shape index (κ2) is 7.73. The van der Waals surface area contributed by atoms with E-state index in [0.29, 0.717) is 12.2 Å². The Bertz CT molecular complexity index is 689. The third-order valence-corrected chi connectivity index (χ3v) is 3.87. The van der Waals surface area contributed by atoms with Crippen LogP contribution >= 0.6 is 0 Å². The van der Waals surface area contributed by atoms with Gasteiger partial charge in [-0.2, -0.15) is 0 Å². The van der Waals surface area contributed by atoms with Crippen LogP contribution in [0.3, 0.4) is 0 Å². The molecule has 0 saturated heterocycles. The lowest BCUT2D eigenvalue weighted by Crippen LogP contribution is -1.97. The monoisotopic (exact) mass is 312 g/mol. The van der Waals surface area contributed by atoms with Gasteiger partial charge < -0.3 is 14.6 Å². The molecule has 0 unspecified atom stereocenters. The molecule has 2 aromatic carbocycles. The van der Waals surface area contributed by atoms with Gasteiger partial charge in [-0.3, -0.25) is 0 Å². The number of ether oxygens (including phenoxy) is 2. The number of hydrogen-bond acceptors (Lipinski definition) is 3. The zero-order chi connectivity index (χ0) is 16.8. The van der Waals surface area contributed by atoms with Crippen LogP contribution in [0, 0.1) is 0 Å². The molecule has 2 rings (SSSR count). The molecule has 0 atom stereocenters. The van der Waals surface area contributed by atoms with Crippen molar-refractivity contribution in [1.82, 2.24) is 0 Å². The molecule has 2 aromatic rings. The fourth-order valence-corrected chi connectivity index (χ4v) is 2.71. The number of allylic oxidation sites excluding steroid dienone is 1. The number of aryl methyl sites for hydroxylation is 1. The number of phenols is 1. The van der Waals surface area contributed by atoms with Crippen LogP contribution in [0.15, 0.2) is 43.0 Å². The summed E-state index contributed by atoms with van der Waals surface area (Å²) in [7, 11) is 3.22. The molecule has 0 fully saturated rings. The Morgan fingerprint density at radius 1 is 1.09 bits per heavy atom. The molecule has 0 radical (unpaired) electrons. The first-order chi connectivity index (χ1) is 11.1. The van der Waals surface area contributed by atoms with Gasteiger partial charge in [-0.05, 0) is 59.4 Å². The summed E-state index contributed by atoms with van der Waals surface area (Å²) in [6.45, 7) is 6.40. The molecule has 122 valence electrons. The molecule has 0 aliphatic carbocycles. The summed E-state index contributed by atoms with van der Waals surface area (Å²) in [4.78, 5) is 0. The maximum Gasteiger partial charge on any atom is 0.160 e. The molecule has 1 N–H and O–H groups in total. The quantitative estimate of drug-likeness (QED) is 0.811. The number of rotatable bonds is 7. The highest BCUT2D eigenvalue weighted by atomic mass is 16.5. The normalized spacial score (nSPS) is 10.4.